The summed E-state index contributed by atoms with van der Waals surface area (Å²) >= 11 is 0. The molecule has 0 aliphatic carbocycles. The summed E-state index contributed by atoms with van der Waals surface area (Å²) in [6.45, 7) is 12.3. The molecule has 0 bridgehead atoms. The van der Waals surface area contributed by atoms with Crippen molar-refractivity contribution in [1.29, 1.82) is 0 Å². The summed E-state index contributed by atoms with van der Waals surface area (Å²) in [6, 6.07) is 8.99. The van der Waals surface area contributed by atoms with Crippen molar-refractivity contribution in [3.63, 3.8) is 0 Å². The third-order valence-corrected chi connectivity index (χ3v) is 6.49. The van der Waals surface area contributed by atoms with Crippen LogP contribution in [0, 0.1) is 19.8 Å². The van der Waals surface area contributed by atoms with E-state index in [9.17, 15) is 5.11 Å². The van der Waals surface area contributed by atoms with Crippen LogP contribution in [0.25, 0.3) is 0 Å². The van der Waals surface area contributed by atoms with Crippen LogP contribution in [0.4, 0.5) is 5.69 Å². The molecule has 1 aromatic carbocycles. The van der Waals surface area contributed by atoms with Crippen molar-refractivity contribution in [1.82, 2.24) is 20.4 Å². The highest BCUT2D eigenvalue weighted by Crippen LogP contribution is 2.23. The highest BCUT2D eigenvalue weighted by Gasteiger charge is 2.18. The molecule has 1 saturated heterocycles. The van der Waals surface area contributed by atoms with Crippen LogP contribution in [0.15, 0.2) is 29.3 Å². The first-order chi connectivity index (χ1) is 15.4. The standard InChI is InChI=1S/C25H40N6O.HI/c1-6-26-25(28-18(2)15-24-19(3)29-30(5)20(24)4)27-16-21-7-9-23(10-8-21)31-13-11-22(17-32)12-14-31;/h7-10,18,22,32H,6,11-17H2,1-5H3,(H2,26,27,28);1H. The molecule has 0 radical (unpaired) electrons. The minimum absolute atomic E-state index is 0. The van der Waals surface area contributed by atoms with Crippen molar-refractivity contribution >= 4 is 35.6 Å². The molecule has 7 nitrogen and oxygen atoms in total. The molecule has 0 spiro atoms. The number of hydrogen-bond donors (Lipinski definition) is 3. The zero-order valence-corrected chi connectivity index (χ0v) is 23.1. The molecule has 1 aliphatic rings. The van der Waals surface area contributed by atoms with Crippen LogP contribution in [-0.2, 0) is 20.0 Å². The van der Waals surface area contributed by atoms with Gasteiger partial charge in [0.2, 0.25) is 0 Å². The van der Waals surface area contributed by atoms with Gasteiger partial charge in [-0.3, -0.25) is 4.68 Å². The minimum atomic E-state index is 0. The smallest absolute Gasteiger partial charge is 0.191 e. The SMILES string of the molecule is CCNC(=NCc1ccc(N2CCC(CO)CC2)cc1)NC(C)Cc1c(C)nn(C)c1C.I. The van der Waals surface area contributed by atoms with Gasteiger partial charge in [0.05, 0.1) is 12.2 Å². The van der Waals surface area contributed by atoms with E-state index in [0.717, 1.165) is 50.6 Å². The molecule has 1 unspecified atom stereocenters. The lowest BCUT2D eigenvalue weighted by Crippen LogP contribution is -2.43. The summed E-state index contributed by atoms with van der Waals surface area (Å²) in [7, 11) is 2.00. The van der Waals surface area contributed by atoms with E-state index in [-0.39, 0.29) is 30.0 Å². The fourth-order valence-electron chi connectivity index (χ4n) is 4.38. The molecule has 2 heterocycles. The second-order valence-corrected chi connectivity index (χ2v) is 9.00. The highest BCUT2D eigenvalue weighted by molar-refractivity contribution is 14.0. The molecule has 1 fully saturated rings. The molecule has 0 amide bonds. The molecule has 1 atom stereocenters. The number of aliphatic hydroxyl groups excluding tert-OH is 1. The number of anilines is 1. The Labute approximate surface area is 216 Å². The summed E-state index contributed by atoms with van der Waals surface area (Å²) in [6.07, 6.45) is 3.05. The molecule has 1 aromatic heterocycles. The second kappa shape index (κ2) is 13.2. The number of aromatic nitrogens is 2. The van der Waals surface area contributed by atoms with E-state index < -0.39 is 0 Å². The van der Waals surface area contributed by atoms with Crippen LogP contribution in [0.3, 0.4) is 0 Å². The number of aliphatic imine (C=N–C) groups is 1. The van der Waals surface area contributed by atoms with E-state index in [4.69, 9.17) is 4.99 Å². The number of benzene rings is 1. The first-order valence-electron chi connectivity index (χ1n) is 11.9. The zero-order chi connectivity index (χ0) is 23.1. The number of piperidine rings is 1. The van der Waals surface area contributed by atoms with E-state index in [2.05, 4.69) is 72.6 Å². The zero-order valence-electron chi connectivity index (χ0n) is 20.8. The van der Waals surface area contributed by atoms with Gasteiger partial charge in [-0.1, -0.05) is 12.1 Å². The number of aliphatic hydroxyl groups is 1. The molecule has 3 N–H and O–H groups in total. The summed E-state index contributed by atoms with van der Waals surface area (Å²) in [5.74, 6) is 1.31. The largest absolute Gasteiger partial charge is 0.396 e. The van der Waals surface area contributed by atoms with Gasteiger partial charge in [-0.15, -0.1) is 24.0 Å². The fourth-order valence-corrected chi connectivity index (χ4v) is 4.38. The number of halogens is 1. The van der Waals surface area contributed by atoms with Gasteiger partial charge < -0.3 is 20.6 Å². The Balaban J connectivity index is 0.00000385. The van der Waals surface area contributed by atoms with Crippen molar-refractivity contribution in [3.05, 3.63) is 46.8 Å². The average molecular weight is 569 g/mol. The van der Waals surface area contributed by atoms with Crippen LogP contribution in [0.1, 0.15) is 49.2 Å². The fraction of sp³-hybridized carbons (Fsp3) is 0.600. The van der Waals surface area contributed by atoms with Crippen LogP contribution in [0.5, 0.6) is 0 Å². The van der Waals surface area contributed by atoms with Gasteiger partial charge in [0.15, 0.2) is 5.96 Å². The lowest BCUT2D eigenvalue weighted by Gasteiger charge is -2.32. The number of nitrogens with zero attached hydrogens (tertiary/aromatic N) is 4. The third-order valence-electron chi connectivity index (χ3n) is 6.49. The monoisotopic (exact) mass is 568 g/mol. The Morgan fingerprint density at radius 2 is 1.88 bits per heavy atom. The Bertz CT molecular complexity index is 887. The summed E-state index contributed by atoms with van der Waals surface area (Å²) in [4.78, 5) is 7.22. The summed E-state index contributed by atoms with van der Waals surface area (Å²) < 4.78 is 1.95. The second-order valence-electron chi connectivity index (χ2n) is 9.00. The van der Waals surface area contributed by atoms with Gasteiger partial charge in [0.1, 0.15) is 0 Å². The molecule has 8 heteroatoms. The highest BCUT2D eigenvalue weighted by atomic mass is 127. The summed E-state index contributed by atoms with van der Waals surface area (Å²) in [5.41, 5.74) is 6.08. The Morgan fingerprint density at radius 3 is 2.42 bits per heavy atom. The first kappa shape index (κ1) is 27.4. The Kier molecular flexibility index (Phi) is 11.0. The van der Waals surface area contributed by atoms with Gasteiger partial charge in [0, 0.05) is 50.7 Å². The number of nitrogens with one attached hydrogen (secondary N) is 2. The van der Waals surface area contributed by atoms with Crippen molar-refractivity contribution in [2.75, 3.05) is 31.1 Å². The predicted molar refractivity (Wildman–Crippen MR) is 148 cm³/mol. The first-order valence-corrected chi connectivity index (χ1v) is 11.9. The van der Waals surface area contributed by atoms with Gasteiger partial charge in [0.25, 0.3) is 0 Å². The number of hydrogen-bond acceptors (Lipinski definition) is 4. The van der Waals surface area contributed by atoms with Gasteiger partial charge >= 0.3 is 0 Å². The number of rotatable bonds is 8. The number of aryl methyl sites for hydroxylation is 2. The predicted octanol–water partition coefficient (Wildman–Crippen LogP) is 3.55. The van der Waals surface area contributed by atoms with Crippen LogP contribution < -0.4 is 15.5 Å². The topological polar surface area (TPSA) is 77.7 Å². The molecule has 2 aromatic rings. The Morgan fingerprint density at radius 1 is 1.21 bits per heavy atom. The number of guanidine groups is 1. The molecule has 3 rings (SSSR count). The lowest BCUT2D eigenvalue weighted by atomic mass is 9.97. The maximum Gasteiger partial charge on any atom is 0.191 e. The Hall–Kier alpha value is -1.81. The van der Waals surface area contributed by atoms with Crippen LogP contribution in [0.2, 0.25) is 0 Å². The molecular weight excluding hydrogens is 527 g/mol. The molecule has 1 aliphatic heterocycles. The normalized spacial score (nSPS) is 15.8. The van der Waals surface area contributed by atoms with E-state index in [1.165, 1.54) is 22.5 Å². The molecule has 0 saturated carbocycles. The van der Waals surface area contributed by atoms with E-state index in [1.807, 2.05) is 11.7 Å². The van der Waals surface area contributed by atoms with Gasteiger partial charge in [-0.05, 0) is 76.1 Å². The van der Waals surface area contributed by atoms with E-state index in [0.29, 0.717) is 19.1 Å². The third kappa shape index (κ3) is 7.60. The van der Waals surface area contributed by atoms with Crippen molar-refractivity contribution in [2.45, 2.75) is 59.5 Å². The summed E-state index contributed by atoms with van der Waals surface area (Å²) in [5, 5.41) is 20.8. The van der Waals surface area contributed by atoms with Gasteiger partial charge in [-0.2, -0.15) is 5.10 Å². The van der Waals surface area contributed by atoms with Gasteiger partial charge in [-0.25, -0.2) is 4.99 Å². The van der Waals surface area contributed by atoms with Crippen molar-refractivity contribution < 1.29 is 5.11 Å². The van der Waals surface area contributed by atoms with Crippen LogP contribution >= 0.6 is 24.0 Å². The maximum atomic E-state index is 9.33. The quantitative estimate of drug-likeness (QED) is 0.258. The van der Waals surface area contributed by atoms with E-state index >= 15 is 0 Å². The maximum absolute atomic E-state index is 9.33. The molecule has 33 heavy (non-hydrogen) atoms. The molecular formula is C25H41IN6O. The average Bonchev–Trinajstić information content (AvgIpc) is 3.04. The van der Waals surface area contributed by atoms with Crippen LogP contribution in [-0.4, -0.2) is 53.1 Å². The minimum Gasteiger partial charge on any atom is -0.396 e. The molecule has 184 valence electrons. The lowest BCUT2D eigenvalue weighted by molar-refractivity contribution is 0.203. The van der Waals surface area contributed by atoms with Crippen molar-refractivity contribution in [3.8, 4) is 0 Å². The van der Waals surface area contributed by atoms with Crippen molar-refractivity contribution in [2.24, 2.45) is 18.0 Å². The van der Waals surface area contributed by atoms with E-state index in [1.54, 1.807) is 0 Å².